The van der Waals surface area contributed by atoms with E-state index in [9.17, 15) is 4.79 Å². The van der Waals surface area contributed by atoms with Crippen molar-refractivity contribution >= 4 is 5.78 Å². The summed E-state index contributed by atoms with van der Waals surface area (Å²) in [5.74, 6) is 7.25. The van der Waals surface area contributed by atoms with Gasteiger partial charge in [0.25, 0.3) is 0 Å². The smallest absolute Gasteiger partial charge is 0.138 e. The molecule has 0 bridgehead atoms. The van der Waals surface area contributed by atoms with Crippen LogP contribution in [0.1, 0.15) is 72.2 Å². The van der Waals surface area contributed by atoms with E-state index >= 15 is 0 Å². The molecule has 3 heteroatoms. The van der Waals surface area contributed by atoms with Crippen LogP contribution in [0.2, 0.25) is 0 Å². The number of carbonyl (C=O) groups excluding carboxylic acids is 1. The fraction of sp³-hybridized carbons (Fsp3) is 0.611. The highest BCUT2D eigenvalue weighted by Gasteiger charge is 2.19. The fourth-order valence-electron chi connectivity index (χ4n) is 1.66. The van der Waals surface area contributed by atoms with E-state index in [2.05, 4.69) is 42.6 Å². The van der Waals surface area contributed by atoms with Gasteiger partial charge in [0, 0.05) is 36.1 Å². The second kappa shape index (κ2) is 6.85. The minimum absolute atomic E-state index is 0.0424. The Morgan fingerprint density at radius 3 is 2.14 bits per heavy atom. The van der Waals surface area contributed by atoms with Crippen molar-refractivity contribution in [3.63, 3.8) is 0 Å². The minimum Gasteiger partial charge on any atom is -0.299 e. The van der Waals surface area contributed by atoms with Crippen LogP contribution in [0.15, 0.2) is 12.4 Å². The molecular weight excluding hydrogens is 260 g/mol. The van der Waals surface area contributed by atoms with Crippen LogP contribution in [0.4, 0.5) is 0 Å². The number of aromatic nitrogens is 2. The van der Waals surface area contributed by atoms with Crippen molar-refractivity contribution in [2.75, 3.05) is 0 Å². The normalized spacial score (nSPS) is 11.7. The van der Waals surface area contributed by atoms with Gasteiger partial charge in [-0.25, -0.2) is 9.97 Å². The standard InChI is InChI=1S/C18H26N2O/c1-17(2,3)15(21)11-9-7-8-10-14-12-19-16(20-13-14)18(4,5)6/h12-13H,7,9,11H2,1-6H3. The van der Waals surface area contributed by atoms with Crippen LogP contribution >= 0.6 is 0 Å². The van der Waals surface area contributed by atoms with Crippen LogP contribution in [0.3, 0.4) is 0 Å². The lowest BCUT2D eigenvalue weighted by atomic mass is 9.88. The average molecular weight is 286 g/mol. The van der Waals surface area contributed by atoms with Crippen molar-refractivity contribution in [3.05, 3.63) is 23.8 Å². The molecule has 0 aliphatic rings. The number of hydrogen-bond acceptors (Lipinski definition) is 3. The highest BCUT2D eigenvalue weighted by Crippen LogP contribution is 2.18. The Hall–Kier alpha value is -1.69. The molecule has 0 fully saturated rings. The molecular formula is C18H26N2O. The van der Waals surface area contributed by atoms with Crippen molar-refractivity contribution in [2.45, 2.75) is 66.2 Å². The van der Waals surface area contributed by atoms with E-state index in [0.717, 1.165) is 24.2 Å². The van der Waals surface area contributed by atoms with Gasteiger partial charge in [0.05, 0.1) is 5.56 Å². The molecule has 0 spiro atoms. The molecule has 0 aromatic carbocycles. The molecule has 0 amide bonds. The molecule has 0 aliphatic carbocycles. The Bertz CT molecular complexity index is 534. The van der Waals surface area contributed by atoms with Gasteiger partial charge in [0.2, 0.25) is 0 Å². The maximum atomic E-state index is 11.8. The molecule has 0 atom stereocenters. The lowest BCUT2D eigenvalue weighted by Gasteiger charge is -2.15. The van der Waals surface area contributed by atoms with Crippen molar-refractivity contribution < 1.29 is 4.79 Å². The number of nitrogens with zero attached hydrogens (tertiary/aromatic N) is 2. The number of ketones is 1. The molecule has 0 radical (unpaired) electrons. The Labute approximate surface area is 128 Å². The van der Waals surface area contributed by atoms with Crippen LogP contribution in [-0.2, 0) is 10.2 Å². The Morgan fingerprint density at radius 1 is 1.10 bits per heavy atom. The summed E-state index contributed by atoms with van der Waals surface area (Å²) in [5.41, 5.74) is 0.536. The number of unbranched alkanes of at least 4 members (excludes halogenated alkanes) is 1. The summed E-state index contributed by atoms with van der Waals surface area (Å²) in [6.45, 7) is 12.1. The molecule has 1 rings (SSSR count). The van der Waals surface area contributed by atoms with Crippen LogP contribution in [-0.4, -0.2) is 15.8 Å². The van der Waals surface area contributed by atoms with Crippen molar-refractivity contribution in [1.82, 2.24) is 9.97 Å². The molecule has 0 saturated heterocycles. The van der Waals surface area contributed by atoms with Crippen LogP contribution < -0.4 is 0 Å². The molecule has 1 aromatic rings. The monoisotopic (exact) mass is 286 g/mol. The van der Waals surface area contributed by atoms with E-state index in [1.54, 1.807) is 12.4 Å². The molecule has 0 aliphatic heterocycles. The fourth-order valence-corrected chi connectivity index (χ4v) is 1.66. The highest BCUT2D eigenvalue weighted by atomic mass is 16.1. The second-order valence-corrected chi connectivity index (χ2v) is 7.37. The van der Waals surface area contributed by atoms with Gasteiger partial charge in [-0.05, 0) is 6.42 Å². The average Bonchev–Trinajstić information content (AvgIpc) is 2.36. The number of carbonyl (C=O) groups is 1. The lowest BCUT2D eigenvalue weighted by molar-refractivity contribution is -0.126. The molecule has 21 heavy (non-hydrogen) atoms. The zero-order valence-corrected chi connectivity index (χ0v) is 14.1. The third-order valence-electron chi connectivity index (χ3n) is 3.10. The van der Waals surface area contributed by atoms with Crippen molar-refractivity contribution in [2.24, 2.45) is 5.41 Å². The number of rotatable bonds is 3. The maximum absolute atomic E-state index is 11.8. The predicted octanol–water partition coefficient (Wildman–Crippen LogP) is 3.91. The van der Waals surface area contributed by atoms with E-state index in [4.69, 9.17) is 0 Å². The third kappa shape index (κ3) is 6.08. The summed E-state index contributed by atoms with van der Waals surface area (Å²) in [5, 5.41) is 0. The van der Waals surface area contributed by atoms with Crippen LogP contribution in [0.5, 0.6) is 0 Å². The van der Waals surface area contributed by atoms with E-state index in [0.29, 0.717) is 12.2 Å². The van der Waals surface area contributed by atoms with Crippen LogP contribution in [0, 0.1) is 17.3 Å². The molecule has 1 heterocycles. The van der Waals surface area contributed by atoms with E-state index in [1.165, 1.54) is 0 Å². The maximum Gasteiger partial charge on any atom is 0.138 e. The first-order chi connectivity index (χ1) is 9.60. The van der Waals surface area contributed by atoms with E-state index < -0.39 is 0 Å². The van der Waals surface area contributed by atoms with Crippen LogP contribution in [0.25, 0.3) is 0 Å². The summed E-state index contributed by atoms with van der Waals surface area (Å²) < 4.78 is 0. The van der Waals surface area contributed by atoms with Gasteiger partial charge in [0.15, 0.2) is 0 Å². The molecule has 114 valence electrons. The summed E-state index contributed by atoms with van der Waals surface area (Å²) in [7, 11) is 0. The summed E-state index contributed by atoms with van der Waals surface area (Å²) in [6, 6.07) is 0. The van der Waals surface area contributed by atoms with Gasteiger partial charge in [0.1, 0.15) is 11.6 Å². The zero-order chi connectivity index (χ0) is 16.1. The Kier molecular flexibility index (Phi) is 5.66. The third-order valence-corrected chi connectivity index (χ3v) is 3.10. The largest absolute Gasteiger partial charge is 0.299 e. The highest BCUT2D eigenvalue weighted by molar-refractivity contribution is 5.83. The van der Waals surface area contributed by atoms with Gasteiger partial charge in [-0.2, -0.15) is 0 Å². The van der Waals surface area contributed by atoms with Gasteiger partial charge >= 0.3 is 0 Å². The number of Topliss-reactive ketones (excluding diaryl/α,β-unsaturated/α-hetero) is 1. The SMILES string of the molecule is CC(C)(C)C(=O)CCCC#Cc1cnc(C(C)(C)C)nc1. The molecule has 0 N–H and O–H groups in total. The predicted molar refractivity (Wildman–Crippen MR) is 85.9 cm³/mol. The van der Waals surface area contributed by atoms with Crippen molar-refractivity contribution in [1.29, 1.82) is 0 Å². The number of hydrogen-bond donors (Lipinski definition) is 0. The van der Waals surface area contributed by atoms with Gasteiger partial charge in [-0.3, -0.25) is 4.79 Å². The lowest BCUT2D eigenvalue weighted by Crippen LogP contribution is -2.19. The summed E-state index contributed by atoms with van der Waals surface area (Å²) in [4.78, 5) is 20.4. The first-order valence-corrected chi connectivity index (χ1v) is 7.45. The second-order valence-electron chi connectivity index (χ2n) is 7.37. The molecule has 0 unspecified atom stereocenters. The first-order valence-electron chi connectivity index (χ1n) is 7.45. The summed E-state index contributed by atoms with van der Waals surface area (Å²) >= 11 is 0. The van der Waals surface area contributed by atoms with E-state index in [-0.39, 0.29) is 10.8 Å². The van der Waals surface area contributed by atoms with Gasteiger partial charge < -0.3 is 0 Å². The van der Waals surface area contributed by atoms with Gasteiger partial charge in [-0.15, -0.1) is 0 Å². The van der Waals surface area contributed by atoms with E-state index in [1.807, 2.05) is 20.8 Å². The first kappa shape index (κ1) is 17.4. The summed E-state index contributed by atoms with van der Waals surface area (Å²) in [6.07, 6.45) is 5.66. The molecule has 3 nitrogen and oxygen atoms in total. The zero-order valence-electron chi connectivity index (χ0n) is 14.1. The topological polar surface area (TPSA) is 42.9 Å². The minimum atomic E-state index is -0.246. The Morgan fingerprint density at radius 2 is 1.67 bits per heavy atom. The van der Waals surface area contributed by atoms with Crippen molar-refractivity contribution in [3.8, 4) is 11.8 Å². The Balaban J connectivity index is 2.48. The van der Waals surface area contributed by atoms with Gasteiger partial charge in [-0.1, -0.05) is 53.4 Å². The quantitative estimate of drug-likeness (QED) is 0.625. The molecule has 1 aromatic heterocycles. The molecule has 0 saturated carbocycles.